The van der Waals surface area contributed by atoms with Crippen LogP contribution < -0.4 is 11.0 Å². The highest BCUT2D eigenvalue weighted by molar-refractivity contribution is 5.69. The van der Waals surface area contributed by atoms with Crippen LogP contribution in [0.3, 0.4) is 0 Å². The third kappa shape index (κ3) is 5.94. The molecule has 9 nitrogen and oxygen atoms in total. The van der Waals surface area contributed by atoms with Gasteiger partial charge >= 0.3 is 18.3 Å². The van der Waals surface area contributed by atoms with E-state index in [1.165, 1.54) is 11.0 Å². The maximum atomic E-state index is 10.2. The molecule has 2 amide bonds. The smallest absolute Gasteiger partial charge is 0.463 e. The molecule has 0 aromatic rings. The SMILES string of the molecule is O=C(O)NOC(=O)ONC(=O)O. The second kappa shape index (κ2) is 4.60. The van der Waals surface area contributed by atoms with Gasteiger partial charge in [-0.2, -0.15) is 4.79 Å². The lowest BCUT2D eigenvalue weighted by molar-refractivity contribution is -0.00675. The molecule has 0 heterocycles. The predicted octanol–water partition coefficient (Wildman–Crippen LogP) is -0.495. The number of carbonyl (C=O) groups is 3. The minimum atomic E-state index is -1.62. The molecule has 0 aromatic heterocycles. The molecule has 0 spiro atoms. The van der Waals surface area contributed by atoms with Crippen molar-refractivity contribution in [1.82, 2.24) is 11.0 Å². The van der Waals surface area contributed by atoms with Crippen LogP contribution >= 0.6 is 0 Å². The summed E-state index contributed by atoms with van der Waals surface area (Å²) in [6, 6.07) is 0. The topological polar surface area (TPSA) is 134 Å². The average Bonchev–Trinajstić information content (AvgIpc) is 1.96. The number of rotatable bonds is 0. The first-order chi connectivity index (χ1) is 5.52. The maximum absolute atomic E-state index is 10.2. The minimum Gasteiger partial charge on any atom is -0.463 e. The van der Waals surface area contributed by atoms with Gasteiger partial charge in [-0.25, -0.2) is 9.59 Å². The second-order valence-corrected chi connectivity index (χ2v) is 1.27. The van der Waals surface area contributed by atoms with Crippen molar-refractivity contribution < 1.29 is 34.3 Å². The summed E-state index contributed by atoms with van der Waals surface area (Å²) < 4.78 is 0. The van der Waals surface area contributed by atoms with Crippen LogP contribution in [0.4, 0.5) is 14.4 Å². The van der Waals surface area contributed by atoms with E-state index in [-0.39, 0.29) is 0 Å². The first-order valence-corrected chi connectivity index (χ1v) is 2.38. The fraction of sp³-hybridized carbons (Fsp3) is 0. The van der Waals surface area contributed by atoms with Crippen LogP contribution in [0.2, 0.25) is 0 Å². The van der Waals surface area contributed by atoms with E-state index in [9.17, 15) is 14.4 Å². The molecule has 0 atom stereocenters. The zero-order chi connectivity index (χ0) is 9.56. The molecule has 68 valence electrons. The summed E-state index contributed by atoms with van der Waals surface area (Å²) in [5.41, 5.74) is 2.36. The van der Waals surface area contributed by atoms with Crippen molar-refractivity contribution in [2.24, 2.45) is 0 Å². The zero-order valence-electron chi connectivity index (χ0n) is 5.44. The summed E-state index contributed by atoms with van der Waals surface area (Å²) in [5.74, 6) is 0. The number of nitrogens with one attached hydrogen (secondary N) is 2. The molecule has 9 heteroatoms. The molecule has 4 N–H and O–H groups in total. The van der Waals surface area contributed by atoms with Gasteiger partial charge in [-0.15, -0.1) is 11.0 Å². The number of hydrogen-bond acceptors (Lipinski definition) is 5. The fourth-order valence-corrected chi connectivity index (χ4v) is 0.191. The first-order valence-electron chi connectivity index (χ1n) is 2.38. The third-order valence-electron chi connectivity index (χ3n) is 0.443. The lowest BCUT2D eigenvalue weighted by atomic mass is 11.2. The molecule has 0 aliphatic heterocycles. The molecule has 0 rings (SSSR count). The van der Waals surface area contributed by atoms with Crippen LogP contribution in [0.25, 0.3) is 0 Å². The monoisotopic (exact) mass is 180 g/mol. The molecule has 0 unspecified atom stereocenters. The van der Waals surface area contributed by atoms with E-state index in [1.807, 2.05) is 0 Å². The summed E-state index contributed by atoms with van der Waals surface area (Å²) in [4.78, 5) is 36.7. The largest absolute Gasteiger partial charge is 0.558 e. The van der Waals surface area contributed by atoms with Crippen LogP contribution in [0, 0.1) is 0 Å². The fourth-order valence-electron chi connectivity index (χ4n) is 0.191. The maximum Gasteiger partial charge on any atom is 0.558 e. The normalized spacial score (nSPS) is 8.00. The number of hydroxylamine groups is 2. The Morgan fingerprint density at radius 1 is 0.917 bits per heavy atom. The number of carboxylic acid groups (broad SMARTS) is 2. The summed E-state index contributed by atoms with van der Waals surface area (Å²) in [6.07, 6.45) is -4.79. The Bertz CT molecular complexity index is 181. The molecule has 0 saturated heterocycles. The second-order valence-electron chi connectivity index (χ2n) is 1.27. The van der Waals surface area contributed by atoms with Crippen LogP contribution in [0.15, 0.2) is 0 Å². The molecule has 0 radical (unpaired) electrons. The van der Waals surface area contributed by atoms with Crippen molar-refractivity contribution >= 4 is 18.3 Å². The van der Waals surface area contributed by atoms with Gasteiger partial charge in [0.1, 0.15) is 0 Å². The minimum absolute atomic E-state index is 1.18. The van der Waals surface area contributed by atoms with Gasteiger partial charge in [-0.1, -0.05) is 0 Å². The van der Waals surface area contributed by atoms with Gasteiger partial charge in [-0.05, 0) is 0 Å². The molecule has 0 aliphatic rings. The van der Waals surface area contributed by atoms with Crippen molar-refractivity contribution in [3.63, 3.8) is 0 Å². The van der Waals surface area contributed by atoms with Crippen LogP contribution in [0.1, 0.15) is 0 Å². The molecule has 0 aromatic carbocycles. The van der Waals surface area contributed by atoms with Crippen LogP contribution in [-0.4, -0.2) is 28.6 Å². The van der Waals surface area contributed by atoms with Gasteiger partial charge in [0.15, 0.2) is 0 Å². The standard InChI is InChI=1S/C3H4N2O7/c6-1(7)4-11-3(10)12-5-2(8)9/h4-5H,(H,6,7)(H,8,9). The Morgan fingerprint density at radius 3 is 1.50 bits per heavy atom. The third-order valence-corrected chi connectivity index (χ3v) is 0.443. The van der Waals surface area contributed by atoms with Crippen LogP contribution in [-0.2, 0) is 9.68 Å². The molecule has 0 fully saturated rings. The Hall–Kier alpha value is -2.19. The number of amides is 2. The zero-order valence-corrected chi connectivity index (χ0v) is 5.44. The Balaban J connectivity index is 3.47. The van der Waals surface area contributed by atoms with Gasteiger partial charge in [0.05, 0.1) is 0 Å². The lowest BCUT2D eigenvalue weighted by Gasteiger charge is -2.01. The summed E-state index contributed by atoms with van der Waals surface area (Å²) in [7, 11) is 0. The van der Waals surface area contributed by atoms with Gasteiger partial charge in [-0.3, -0.25) is 0 Å². The van der Waals surface area contributed by atoms with E-state index in [1.54, 1.807) is 0 Å². The van der Waals surface area contributed by atoms with Gasteiger partial charge < -0.3 is 19.9 Å². The summed E-state index contributed by atoms with van der Waals surface area (Å²) in [5, 5.41) is 15.7. The Morgan fingerprint density at radius 2 is 1.25 bits per heavy atom. The summed E-state index contributed by atoms with van der Waals surface area (Å²) >= 11 is 0. The van der Waals surface area contributed by atoms with E-state index in [2.05, 4.69) is 9.68 Å². The Kier molecular flexibility index (Phi) is 3.76. The van der Waals surface area contributed by atoms with E-state index in [0.717, 1.165) is 0 Å². The van der Waals surface area contributed by atoms with E-state index >= 15 is 0 Å². The van der Waals surface area contributed by atoms with Crippen molar-refractivity contribution in [3.8, 4) is 0 Å². The lowest BCUT2D eigenvalue weighted by Crippen LogP contribution is -2.31. The highest BCUT2D eigenvalue weighted by Crippen LogP contribution is 1.77. The van der Waals surface area contributed by atoms with Gasteiger partial charge in [0.25, 0.3) is 0 Å². The molecular formula is C3H4N2O7. The van der Waals surface area contributed by atoms with E-state index < -0.39 is 18.3 Å². The van der Waals surface area contributed by atoms with Crippen molar-refractivity contribution in [2.75, 3.05) is 0 Å². The molecule has 0 bridgehead atoms. The molecule has 0 saturated carbocycles. The molecule has 12 heavy (non-hydrogen) atoms. The van der Waals surface area contributed by atoms with Crippen molar-refractivity contribution in [3.05, 3.63) is 0 Å². The highest BCUT2D eigenvalue weighted by atomic mass is 16.9. The van der Waals surface area contributed by atoms with Gasteiger partial charge in [0.2, 0.25) is 0 Å². The molecule has 0 aliphatic carbocycles. The van der Waals surface area contributed by atoms with Crippen molar-refractivity contribution in [1.29, 1.82) is 0 Å². The average molecular weight is 180 g/mol. The first kappa shape index (κ1) is 9.81. The number of hydrogen-bond donors (Lipinski definition) is 4. The Labute approximate surface area is 64.8 Å². The van der Waals surface area contributed by atoms with E-state index in [0.29, 0.717) is 0 Å². The van der Waals surface area contributed by atoms with Crippen LogP contribution in [0.5, 0.6) is 0 Å². The van der Waals surface area contributed by atoms with Crippen molar-refractivity contribution in [2.45, 2.75) is 0 Å². The summed E-state index contributed by atoms with van der Waals surface area (Å²) in [6.45, 7) is 0. The van der Waals surface area contributed by atoms with Gasteiger partial charge in [0, 0.05) is 0 Å². The van der Waals surface area contributed by atoms with E-state index in [4.69, 9.17) is 10.2 Å². The highest BCUT2D eigenvalue weighted by Gasteiger charge is 2.07. The molecular weight excluding hydrogens is 176 g/mol. The predicted molar refractivity (Wildman–Crippen MR) is 29.9 cm³/mol. The quantitative estimate of drug-likeness (QED) is 0.369. The number of carbonyl (C=O) groups excluding carboxylic acids is 1.